The van der Waals surface area contributed by atoms with Crippen LogP contribution < -0.4 is 10.9 Å². The maximum atomic E-state index is 12.5. The largest absolute Gasteiger partial charge is 0.342 e. The van der Waals surface area contributed by atoms with E-state index in [1.165, 1.54) is 0 Å². The Labute approximate surface area is 156 Å². The van der Waals surface area contributed by atoms with Gasteiger partial charge in [-0.25, -0.2) is 9.97 Å². The fourth-order valence-corrected chi connectivity index (χ4v) is 4.59. The molecule has 0 bridgehead atoms. The Morgan fingerprint density at radius 3 is 2.81 bits per heavy atom. The van der Waals surface area contributed by atoms with E-state index in [1.807, 2.05) is 6.20 Å². The topological polar surface area (TPSA) is 70.2 Å². The molecule has 142 valence electrons. The first-order valence-corrected chi connectivity index (χ1v) is 10.3. The molecule has 3 fully saturated rings. The van der Waals surface area contributed by atoms with Crippen LogP contribution in [-0.2, 0) is 11.2 Å². The van der Waals surface area contributed by atoms with Crippen LogP contribution in [0.3, 0.4) is 0 Å². The molecule has 2 N–H and O–H groups in total. The van der Waals surface area contributed by atoms with Gasteiger partial charge in [0.15, 0.2) is 0 Å². The lowest BCUT2D eigenvalue weighted by Gasteiger charge is -2.36. The van der Waals surface area contributed by atoms with Crippen LogP contribution in [0.4, 0.5) is 0 Å². The van der Waals surface area contributed by atoms with Gasteiger partial charge in [0.05, 0.1) is 5.69 Å². The number of amides is 1. The number of likely N-dealkylation sites (tertiary alicyclic amines) is 1. The summed E-state index contributed by atoms with van der Waals surface area (Å²) in [5.74, 6) is 3.22. The highest BCUT2D eigenvalue weighted by atomic mass is 16.2. The van der Waals surface area contributed by atoms with Crippen molar-refractivity contribution in [3.63, 3.8) is 0 Å². The Hall–Kier alpha value is -1.53. The number of carbonyl (C=O) groups is 1. The van der Waals surface area contributed by atoms with Crippen molar-refractivity contribution < 1.29 is 4.79 Å². The average molecular weight is 358 g/mol. The molecular formula is C20H31N5O. The van der Waals surface area contributed by atoms with E-state index in [4.69, 9.17) is 4.98 Å². The molecule has 0 aromatic carbocycles. The van der Waals surface area contributed by atoms with E-state index in [-0.39, 0.29) is 0 Å². The number of aromatic nitrogens is 2. The first-order valence-electron chi connectivity index (χ1n) is 10.3. The predicted octanol–water partition coefficient (Wildman–Crippen LogP) is 1.88. The standard InChI is InChI=1S/C20H31N5O/c1-3-4-18-21-8-5-17(23-18)16-12-22-24-19(16)14-6-9-25(10-7-14)20(26)15-11-13(15)2/h5,8,13-16,19,22,24H,3-4,6-7,9-12H2,1-2H3. The van der Waals surface area contributed by atoms with E-state index in [0.29, 0.717) is 35.6 Å². The Morgan fingerprint density at radius 1 is 1.35 bits per heavy atom. The molecule has 2 saturated heterocycles. The Balaban J connectivity index is 1.38. The number of hydrogen-bond donors (Lipinski definition) is 2. The van der Waals surface area contributed by atoms with Gasteiger partial charge in [-0.3, -0.25) is 15.6 Å². The van der Waals surface area contributed by atoms with E-state index in [1.54, 1.807) is 0 Å². The lowest BCUT2D eigenvalue weighted by atomic mass is 9.82. The number of aryl methyl sites for hydroxylation is 1. The predicted molar refractivity (Wildman–Crippen MR) is 100 cm³/mol. The van der Waals surface area contributed by atoms with Gasteiger partial charge < -0.3 is 4.90 Å². The van der Waals surface area contributed by atoms with Gasteiger partial charge in [-0.05, 0) is 43.6 Å². The normalized spacial score (nSPS) is 32.0. The lowest BCUT2D eigenvalue weighted by molar-refractivity contribution is -0.134. The van der Waals surface area contributed by atoms with Gasteiger partial charge in [0.1, 0.15) is 5.82 Å². The number of carbonyl (C=O) groups excluding carboxylic acids is 1. The third-order valence-corrected chi connectivity index (χ3v) is 6.39. The molecule has 1 aromatic heterocycles. The second-order valence-electron chi connectivity index (χ2n) is 8.29. The van der Waals surface area contributed by atoms with Gasteiger partial charge in [-0.1, -0.05) is 13.8 Å². The second kappa shape index (κ2) is 7.61. The van der Waals surface area contributed by atoms with E-state index in [2.05, 4.69) is 40.6 Å². The Bertz CT molecular complexity index is 643. The zero-order chi connectivity index (χ0) is 18.1. The van der Waals surface area contributed by atoms with Crippen molar-refractivity contribution in [2.24, 2.45) is 17.8 Å². The summed E-state index contributed by atoms with van der Waals surface area (Å²) in [7, 11) is 0. The lowest BCUT2D eigenvalue weighted by Crippen LogP contribution is -2.46. The SMILES string of the molecule is CCCc1nccc(C2CNNC2C2CCN(C(=O)C3CC3C)CC2)n1. The monoisotopic (exact) mass is 357 g/mol. The van der Waals surface area contributed by atoms with Crippen LogP contribution in [0.2, 0.25) is 0 Å². The van der Waals surface area contributed by atoms with Crippen molar-refractivity contribution in [2.45, 2.75) is 57.9 Å². The zero-order valence-electron chi connectivity index (χ0n) is 15.9. The Morgan fingerprint density at radius 2 is 2.12 bits per heavy atom. The van der Waals surface area contributed by atoms with Crippen LogP contribution in [0.25, 0.3) is 0 Å². The van der Waals surface area contributed by atoms with Crippen molar-refractivity contribution in [1.29, 1.82) is 0 Å². The highest BCUT2D eigenvalue weighted by Crippen LogP contribution is 2.40. The van der Waals surface area contributed by atoms with Crippen LogP contribution in [-0.4, -0.2) is 46.5 Å². The molecule has 3 aliphatic rings. The van der Waals surface area contributed by atoms with E-state index >= 15 is 0 Å². The molecule has 4 rings (SSSR count). The summed E-state index contributed by atoms with van der Waals surface area (Å²) in [6.45, 7) is 7.06. The Kier molecular flexibility index (Phi) is 5.23. The van der Waals surface area contributed by atoms with Crippen LogP contribution >= 0.6 is 0 Å². The number of piperidine rings is 1. The average Bonchev–Trinajstić information content (AvgIpc) is 3.19. The molecule has 6 heteroatoms. The molecular weight excluding hydrogens is 326 g/mol. The molecule has 1 saturated carbocycles. The van der Waals surface area contributed by atoms with Crippen LogP contribution in [0, 0.1) is 17.8 Å². The molecule has 1 aliphatic carbocycles. The van der Waals surface area contributed by atoms with Gasteiger partial charge in [-0.2, -0.15) is 0 Å². The summed E-state index contributed by atoms with van der Waals surface area (Å²) < 4.78 is 0. The highest BCUT2D eigenvalue weighted by Gasteiger charge is 2.43. The van der Waals surface area contributed by atoms with Gasteiger partial charge in [0.25, 0.3) is 0 Å². The van der Waals surface area contributed by atoms with Crippen LogP contribution in [0.5, 0.6) is 0 Å². The fourth-order valence-electron chi connectivity index (χ4n) is 4.59. The fraction of sp³-hybridized carbons (Fsp3) is 0.750. The molecule has 2 aliphatic heterocycles. The summed E-state index contributed by atoms with van der Waals surface area (Å²) >= 11 is 0. The minimum absolute atomic E-state index is 0.309. The number of nitrogens with zero attached hydrogens (tertiary/aromatic N) is 3. The molecule has 26 heavy (non-hydrogen) atoms. The number of hydrazine groups is 1. The van der Waals surface area contributed by atoms with Crippen molar-refractivity contribution >= 4 is 5.91 Å². The number of nitrogens with one attached hydrogen (secondary N) is 2. The van der Waals surface area contributed by atoms with Gasteiger partial charge in [-0.15, -0.1) is 0 Å². The quantitative estimate of drug-likeness (QED) is 0.842. The van der Waals surface area contributed by atoms with Crippen molar-refractivity contribution in [3.05, 3.63) is 23.8 Å². The van der Waals surface area contributed by atoms with Crippen LogP contribution in [0.15, 0.2) is 12.3 Å². The summed E-state index contributed by atoms with van der Waals surface area (Å²) in [6, 6.07) is 2.45. The number of rotatable bonds is 5. The maximum absolute atomic E-state index is 12.5. The molecule has 0 spiro atoms. The van der Waals surface area contributed by atoms with Crippen LogP contribution in [0.1, 0.15) is 57.0 Å². The van der Waals surface area contributed by atoms with Crippen molar-refractivity contribution in [3.8, 4) is 0 Å². The van der Waals surface area contributed by atoms with E-state index < -0.39 is 0 Å². The van der Waals surface area contributed by atoms with Gasteiger partial charge in [0, 0.05) is 50.1 Å². The number of hydrogen-bond acceptors (Lipinski definition) is 5. The molecule has 1 amide bonds. The second-order valence-corrected chi connectivity index (χ2v) is 8.29. The zero-order valence-corrected chi connectivity index (χ0v) is 15.9. The van der Waals surface area contributed by atoms with E-state index in [9.17, 15) is 4.79 Å². The minimum atomic E-state index is 0.309. The van der Waals surface area contributed by atoms with Crippen molar-refractivity contribution in [1.82, 2.24) is 25.7 Å². The summed E-state index contributed by atoms with van der Waals surface area (Å²) in [5, 5.41) is 0. The third kappa shape index (κ3) is 3.62. The first-order chi connectivity index (χ1) is 12.7. The van der Waals surface area contributed by atoms with Gasteiger partial charge in [0.2, 0.25) is 5.91 Å². The maximum Gasteiger partial charge on any atom is 0.225 e. The van der Waals surface area contributed by atoms with Crippen molar-refractivity contribution in [2.75, 3.05) is 19.6 Å². The minimum Gasteiger partial charge on any atom is -0.342 e. The summed E-state index contributed by atoms with van der Waals surface area (Å²) in [6.07, 6.45) is 7.15. The molecule has 6 nitrogen and oxygen atoms in total. The smallest absolute Gasteiger partial charge is 0.225 e. The summed E-state index contributed by atoms with van der Waals surface area (Å²) in [5.41, 5.74) is 7.99. The van der Waals surface area contributed by atoms with Gasteiger partial charge >= 0.3 is 0 Å². The third-order valence-electron chi connectivity index (χ3n) is 6.39. The summed E-state index contributed by atoms with van der Waals surface area (Å²) in [4.78, 5) is 23.8. The molecule has 3 heterocycles. The first kappa shape index (κ1) is 17.9. The van der Waals surface area contributed by atoms with E-state index in [0.717, 1.165) is 63.3 Å². The highest BCUT2D eigenvalue weighted by molar-refractivity contribution is 5.81. The molecule has 1 aromatic rings. The molecule has 4 unspecified atom stereocenters. The molecule has 0 radical (unpaired) electrons. The molecule has 4 atom stereocenters.